The lowest BCUT2D eigenvalue weighted by atomic mass is 10.0. The molecule has 0 saturated heterocycles. The number of rotatable bonds is 7. The first-order chi connectivity index (χ1) is 8.19. The minimum Gasteiger partial charge on any atom is -0.494 e. The summed E-state index contributed by atoms with van der Waals surface area (Å²) in [5.74, 6) is 1.49. The van der Waals surface area contributed by atoms with Gasteiger partial charge in [-0.1, -0.05) is 6.07 Å². The van der Waals surface area contributed by atoms with Crippen LogP contribution in [0.25, 0.3) is 0 Å². The summed E-state index contributed by atoms with van der Waals surface area (Å²) in [4.78, 5) is 11.5. The van der Waals surface area contributed by atoms with Gasteiger partial charge in [-0.15, -0.1) is 0 Å². The Morgan fingerprint density at radius 1 is 1.47 bits per heavy atom. The molecule has 3 nitrogen and oxygen atoms in total. The maximum Gasteiger partial charge on any atom is 0.188 e. The second-order valence-corrected chi connectivity index (χ2v) is 4.74. The highest BCUT2D eigenvalue weighted by Crippen LogP contribution is 2.18. The van der Waals surface area contributed by atoms with Crippen LogP contribution in [-0.4, -0.2) is 36.1 Å². The summed E-state index contributed by atoms with van der Waals surface area (Å²) in [5.41, 5.74) is 1.40. The van der Waals surface area contributed by atoms with E-state index in [1.807, 2.05) is 19.1 Å². The molecule has 1 N–H and O–H groups in total. The Balaban J connectivity index is 2.65. The number of aryl methyl sites for hydroxylation is 1. The first-order valence-corrected chi connectivity index (χ1v) is 6.95. The van der Waals surface area contributed by atoms with E-state index in [1.54, 1.807) is 17.8 Å². The number of hydrogen-bond donors (Lipinski definition) is 1. The molecule has 0 aliphatic rings. The van der Waals surface area contributed by atoms with Crippen LogP contribution in [0, 0.1) is 6.92 Å². The van der Waals surface area contributed by atoms with Crippen LogP contribution < -0.4 is 4.74 Å². The Hall–Kier alpha value is -1.00. The fraction of sp³-hybridized carbons (Fsp3) is 0.462. The molecule has 0 radical (unpaired) electrons. The summed E-state index contributed by atoms with van der Waals surface area (Å²) in [6, 6.07) is 5.39. The smallest absolute Gasteiger partial charge is 0.188 e. The van der Waals surface area contributed by atoms with E-state index < -0.39 is 6.61 Å². The Bertz CT molecular complexity index is 377. The molecule has 0 amide bonds. The molecule has 1 aromatic carbocycles. The largest absolute Gasteiger partial charge is 0.494 e. The number of aliphatic hydroxyl groups is 1. The highest BCUT2D eigenvalue weighted by atomic mass is 32.2. The van der Waals surface area contributed by atoms with E-state index >= 15 is 0 Å². The van der Waals surface area contributed by atoms with E-state index in [-0.39, 0.29) is 5.78 Å². The lowest BCUT2D eigenvalue weighted by molar-refractivity contribution is 0.0902. The van der Waals surface area contributed by atoms with E-state index in [0.717, 1.165) is 17.7 Å². The van der Waals surface area contributed by atoms with Gasteiger partial charge in [-0.05, 0) is 43.0 Å². The zero-order valence-electron chi connectivity index (χ0n) is 10.2. The maximum absolute atomic E-state index is 11.5. The molecular formula is C13H18O3S. The van der Waals surface area contributed by atoms with E-state index in [9.17, 15) is 4.79 Å². The van der Waals surface area contributed by atoms with Crippen LogP contribution >= 0.6 is 11.8 Å². The van der Waals surface area contributed by atoms with E-state index in [1.165, 1.54) is 0 Å². The van der Waals surface area contributed by atoms with Crippen molar-refractivity contribution in [2.45, 2.75) is 13.3 Å². The van der Waals surface area contributed by atoms with Gasteiger partial charge in [-0.25, -0.2) is 0 Å². The molecule has 0 heterocycles. The van der Waals surface area contributed by atoms with Gasteiger partial charge < -0.3 is 9.84 Å². The molecule has 0 spiro atoms. The normalized spacial score (nSPS) is 10.3. The van der Waals surface area contributed by atoms with Crippen molar-refractivity contribution < 1.29 is 14.6 Å². The second-order valence-electron chi connectivity index (χ2n) is 3.75. The van der Waals surface area contributed by atoms with Gasteiger partial charge in [0.1, 0.15) is 12.4 Å². The fourth-order valence-corrected chi connectivity index (χ4v) is 1.88. The van der Waals surface area contributed by atoms with Crippen molar-refractivity contribution in [1.82, 2.24) is 0 Å². The number of ether oxygens (including phenoxy) is 1. The summed E-state index contributed by atoms with van der Waals surface area (Å²) in [6.07, 6.45) is 3.04. The SMILES string of the molecule is CSCCCOc1ccc(C)c(C(=O)CO)c1. The topological polar surface area (TPSA) is 46.5 Å². The van der Waals surface area contributed by atoms with Gasteiger partial charge in [0.25, 0.3) is 0 Å². The standard InChI is InChI=1S/C13H18O3S/c1-10-4-5-11(16-6-3-7-17-2)8-12(10)13(15)9-14/h4-5,8,14H,3,6-7,9H2,1-2H3. The van der Waals surface area contributed by atoms with Gasteiger partial charge in [0.2, 0.25) is 0 Å². The van der Waals surface area contributed by atoms with Crippen molar-refractivity contribution in [1.29, 1.82) is 0 Å². The van der Waals surface area contributed by atoms with E-state index in [0.29, 0.717) is 17.9 Å². The van der Waals surface area contributed by atoms with E-state index in [2.05, 4.69) is 6.26 Å². The molecular weight excluding hydrogens is 236 g/mol. The molecule has 4 heteroatoms. The van der Waals surface area contributed by atoms with Gasteiger partial charge in [0, 0.05) is 5.56 Å². The number of hydrogen-bond acceptors (Lipinski definition) is 4. The van der Waals surface area contributed by atoms with Gasteiger partial charge in [0.15, 0.2) is 5.78 Å². The highest BCUT2D eigenvalue weighted by molar-refractivity contribution is 7.98. The molecule has 1 rings (SSSR count). The van der Waals surface area contributed by atoms with Crippen molar-refractivity contribution in [3.05, 3.63) is 29.3 Å². The highest BCUT2D eigenvalue weighted by Gasteiger charge is 2.09. The molecule has 0 atom stereocenters. The molecule has 1 aromatic rings. The van der Waals surface area contributed by atoms with Gasteiger partial charge in [0.05, 0.1) is 6.61 Å². The molecule has 0 fully saturated rings. The predicted octanol–water partition coefficient (Wildman–Crippen LogP) is 2.30. The minimum atomic E-state index is -0.462. The quantitative estimate of drug-likeness (QED) is 0.599. The molecule has 17 heavy (non-hydrogen) atoms. The Labute approximate surface area is 106 Å². The third-order valence-electron chi connectivity index (χ3n) is 2.41. The lowest BCUT2D eigenvalue weighted by Crippen LogP contribution is -2.07. The minimum absolute atomic E-state index is 0.267. The first kappa shape index (κ1) is 14.1. The van der Waals surface area contributed by atoms with Gasteiger partial charge in [-0.2, -0.15) is 11.8 Å². The van der Waals surface area contributed by atoms with Gasteiger partial charge >= 0.3 is 0 Å². The number of carbonyl (C=O) groups excluding carboxylic acids is 1. The number of carbonyl (C=O) groups is 1. The van der Waals surface area contributed by atoms with Crippen molar-refractivity contribution in [3.8, 4) is 5.75 Å². The number of ketones is 1. The Morgan fingerprint density at radius 2 is 2.24 bits per heavy atom. The lowest BCUT2D eigenvalue weighted by Gasteiger charge is -2.09. The summed E-state index contributed by atoms with van der Waals surface area (Å²) < 4.78 is 5.55. The molecule has 0 unspecified atom stereocenters. The van der Waals surface area contributed by atoms with Crippen molar-refractivity contribution in [2.75, 3.05) is 25.2 Å². The molecule has 0 aliphatic carbocycles. The van der Waals surface area contributed by atoms with Crippen molar-refractivity contribution in [2.24, 2.45) is 0 Å². The zero-order valence-corrected chi connectivity index (χ0v) is 11.0. The van der Waals surface area contributed by atoms with Crippen LogP contribution in [0.3, 0.4) is 0 Å². The van der Waals surface area contributed by atoms with Crippen LogP contribution in [0.2, 0.25) is 0 Å². The third-order valence-corrected chi connectivity index (χ3v) is 3.11. The molecule has 0 aromatic heterocycles. The van der Waals surface area contributed by atoms with Crippen LogP contribution in [0.1, 0.15) is 22.3 Å². The van der Waals surface area contributed by atoms with Crippen molar-refractivity contribution in [3.63, 3.8) is 0 Å². The maximum atomic E-state index is 11.5. The number of Topliss-reactive ketones (excluding diaryl/α,β-unsaturated/α-hetero) is 1. The average Bonchev–Trinajstić information content (AvgIpc) is 2.35. The summed E-state index contributed by atoms with van der Waals surface area (Å²) in [5, 5.41) is 8.86. The number of thioether (sulfide) groups is 1. The zero-order chi connectivity index (χ0) is 12.7. The average molecular weight is 254 g/mol. The molecule has 0 saturated carbocycles. The van der Waals surface area contributed by atoms with Crippen molar-refractivity contribution >= 4 is 17.5 Å². The number of aliphatic hydroxyl groups excluding tert-OH is 1. The summed E-state index contributed by atoms with van der Waals surface area (Å²) >= 11 is 1.78. The summed E-state index contributed by atoms with van der Waals surface area (Å²) in [6.45, 7) is 2.04. The Morgan fingerprint density at radius 3 is 2.88 bits per heavy atom. The molecule has 0 bridgehead atoms. The van der Waals surface area contributed by atoms with Crippen LogP contribution in [0.4, 0.5) is 0 Å². The number of benzene rings is 1. The Kier molecular flexibility index (Phi) is 6.08. The molecule has 0 aliphatic heterocycles. The predicted molar refractivity (Wildman–Crippen MR) is 71.1 cm³/mol. The van der Waals surface area contributed by atoms with Crippen LogP contribution in [-0.2, 0) is 0 Å². The van der Waals surface area contributed by atoms with E-state index in [4.69, 9.17) is 9.84 Å². The monoisotopic (exact) mass is 254 g/mol. The molecule has 94 valence electrons. The third kappa shape index (κ3) is 4.40. The van der Waals surface area contributed by atoms with Crippen LogP contribution in [0.5, 0.6) is 5.75 Å². The van der Waals surface area contributed by atoms with Gasteiger partial charge in [-0.3, -0.25) is 4.79 Å². The second kappa shape index (κ2) is 7.35. The van der Waals surface area contributed by atoms with Crippen LogP contribution in [0.15, 0.2) is 18.2 Å². The fourth-order valence-electron chi connectivity index (χ4n) is 1.47. The first-order valence-electron chi connectivity index (χ1n) is 5.55. The summed E-state index contributed by atoms with van der Waals surface area (Å²) in [7, 11) is 0.